The van der Waals surface area contributed by atoms with Crippen molar-refractivity contribution in [2.24, 2.45) is 0 Å². The molecule has 1 unspecified atom stereocenters. The van der Waals surface area contributed by atoms with E-state index in [0.29, 0.717) is 6.17 Å². The van der Waals surface area contributed by atoms with Crippen molar-refractivity contribution in [1.29, 1.82) is 0 Å². The fraction of sp³-hybridized carbons (Fsp3) is 0.750. The van der Waals surface area contributed by atoms with Crippen molar-refractivity contribution < 1.29 is 5.11 Å². The first kappa shape index (κ1) is 16.1. The normalized spacial score (nSPS) is 18.4. The molecule has 2 N–H and O–H groups in total. The lowest BCUT2D eigenvalue weighted by molar-refractivity contribution is 0.194. The number of β-amino-alcohol motifs (C(OH)–C–C–N with tert-alkyl or cyclic N) is 1. The molecule has 1 atom stereocenters. The van der Waals surface area contributed by atoms with Crippen molar-refractivity contribution in [2.45, 2.75) is 64.5 Å². The third-order valence-electron chi connectivity index (χ3n) is 3.55. The summed E-state index contributed by atoms with van der Waals surface area (Å²) in [5, 5.41) is 12.3. The molecule has 0 fully saturated rings. The van der Waals surface area contributed by atoms with Gasteiger partial charge in [0.1, 0.15) is 0 Å². The van der Waals surface area contributed by atoms with E-state index in [1.807, 2.05) is 12.4 Å². The Morgan fingerprint density at radius 3 is 2.68 bits per heavy atom. The van der Waals surface area contributed by atoms with E-state index in [2.05, 4.69) is 29.3 Å². The Bertz CT molecular complexity index is 263. The fourth-order valence-electron chi connectivity index (χ4n) is 2.40. The zero-order chi connectivity index (χ0) is 13.8. The second-order valence-corrected chi connectivity index (χ2v) is 5.21. The summed E-state index contributed by atoms with van der Waals surface area (Å²) in [6, 6.07) is 0. The van der Waals surface area contributed by atoms with Gasteiger partial charge in [0.15, 0.2) is 0 Å². The van der Waals surface area contributed by atoms with Gasteiger partial charge in [0.05, 0.1) is 12.8 Å². The molecule has 1 rings (SSSR count). The molecule has 0 aromatic heterocycles. The molecule has 0 amide bonds. The minimum Gasteiger partial charge on any atom is -0.395 e. The average Bonchev–Trinajstić information content (AvgIpc) is 2.85. The van der Waals surface area contributed by atoms with Crippen molar-refractivity contribution in [3.63, 3.8) is 0 Å². The molecule has 0 aromatic rings. The number of allylic oxidation sites excluding steroid dienone is 2. The molecule has 0 spiro atoms. The Hall–Kier alpha value is -0.960. The van der Waals surface area contributed by atoms with Crippen LogP contribution < -0.4 is 5.32 Å². The first-order valence-corrected chi connectivity index (χ1v) is 7.82. The molecule has 3 nitrogen and oxygen atoms in total. The summed E-state index contributed by atoms with van der Waals surface area (Å²) in [5.74, 6) is 0. The largest absolute Gasteiger partial charge is 0.395 e. The van der Waals surface area contributed by atoms with Gasteiger partial charge in [0.2, 0.25) is 0 Å². The van der Waals surface area contributed by atoms with Gasteiger partial charge in [-0.3, -0.25) is 0 Å². The predicted molar refractivity (Wildman–Crippen MR) is 81.6 cm³/mol. The summed E-state index contributed by atoms with van der Waals surface area (Å²) in [6.07, 6.45) is 19.2. The van der Waals surface area contributed by atoms with Gasteiger partial charge in [-0.1, -0.05) is 38.3 Å². The van der Waals surface area contributed by atoms with Crippen LogP contribution in [0.1, 0.15) is 58.3 Å². The summed E-state index contributed by atoms with van der Waals surface area (Å²) in [4.78, 5) is 2.18. The van der Waals surface area contributed by atoms with E-state index >= 15 is 0 Å². The third kappa shape index (κ3) is 7.26. The molecule has 1 aliphatic rings. The summed E-state index contributed by atoms with van der Waals surface area (Å²) in [7, 11) is 0. The molecule has 0 saturated carbocycles. The standard InChI is InChI=1S/C16H30N2O/c1-2-3-4-5-6-7-8-9-10-11-16-17-12-13-18(16)14-15-19/h7-8,12-13,16-17,19H,2-6,9-11,14-15H2,1H3/b8-7+. The molecular formula is C16H30N2O. The molecule has 0 saturated heterocycles. The Labute approximate surface area is 118 Å². The summed E-state index contributed by atoms with van der Waals surface area (Å²) < 4.78 is 0. The van der Waals surface area contributed by atoms with E-state index in [9.17, 15) is 0 Å². The van der Waals surface area contributed by atoms with Gasteiger partial charge in [0.25, 0.3) is 0 Å². The maximum atomic E-state index is 8.96. The van der Waals surface area contributed by atoms with Gasteiger partial charge in [-0.15, -0.1) is 0 Å². The van der Waals surface area contributed by atoms with Crippen LogP contribution in [0.3, 0.4) is 0 Å². The first-order valence-electron chi connectivity index (χ1n) is 7.82. The van der Waals surface area contributed by atoms with Crippen molar-refractivity contribution in [3.8, 4) is 0 Å². The molecule has 0 bridgehead atoms. The van der Waals surface area contributed by atoms with E-state index in [0.717, 1.165) is 13.0 Å². The van der Waals surface area contributed by atoms with Crippen molar-refractivity contribution in [3.05, 3.63) is 24.6 Å². The highest BCUT2D eigenvalue weighted by Crippen LogP contribution is 2.12. The molecule has 3 heteroatoms. The topological polar surface area (TPSA) is 35.5 Å². The van der Waals surface area contributed by atoms with E-state index in [1.165, 1.54) is 44.9 Å². The minimum absolute atomic E-state index is 0.222. The van der Waals surface area contributed by atoms with Crippen LogP contribution in [0.4, 0.5) is 0 Å². The highest BCUT2D eigenvalue weighted by Gasteiger charge is 2.16. The first-order chi connectivity index (χ1) is 9.38. The molecule has 0 radical (unpaired) electrons. The van der Waals surface area contributed by atoms with Crippen LogP contribution >= 0.6 is 0 Å². The van der Waals surface area contributed by atoms with Crippen LogP contribution in [0.15, 0.2) is 24.6 Å². The summed E-state index contributed by atoms with van der Waals surface area (Å²) in [6.45, 7) is 3.20. The lowest BCUT2D eigenvalue weighted by Gasteiger charge is -2.24. The quantitative estimate of drug-likeness (QED) is 0.444. The molecule has 1 aliphatic heterocycles. The van der Waals surface area contributed by atoms with Gasteiger partial charge in [-0.25, -0.2) is 0 Å². The van der Waals surface area contributed by atoms with E-state index in [1.54, 1.807) is 0 Å². The van der Waals surface area contributed by atoms with Crippen molar-refractivity contribution >= 4 is 0 Å². The van der Waals surface area contributed by atoms with Crippen molar-refractivity contribution in [1.82, 2.24) is 10.2 Å². The summed E-state index contributed by atoms with van der Waals surface area (Å²) >= 11 is 0. The minimum atomic E-state index is 0.222. The van der Waals surface area contributed by atoms with E-state index < -0.39 is 0 Å². The Balaban J connectivity index is 1.97. The van der Waals surface area contributed by atoms with Gasteiger partial charge in [0, 0.05) is 18.9 Å². The molecule has 0 aromatic carbocycles. The number of aliphatic hydroxyl groups is 1. The predicted octanol–water partition coefficient (Wildman–Crippen LogP) is 3.38. The highest BCUT2D eigenvalue weighted by molar-refractivity contribution is 4.94. The van der Waals surface area contributed by atoms with E-state index in [4.69, 9.17) is 5.11 Å². The number of unbranched alkanes of at least 4 members (excludes halogenated alkanes) is 5. The number of nitrogens with one attached hydrogen (secondary N) is 1. The second kappa shape index (κ2) is 10.9. The zero-order valence-corrected chi connectivity index (χ0v) is 12.4. The number of aliphatic hydroxyl groups excluding tert-OH is 1. The van der Waals surface area contributed by atoms with Crippen LogP contribution in [0.25, 0.3) is 0 Å². The second-order valence-electron chi connectivity index (χ2n) is 5.21. The monoisotopic (exact) mass is 266 g/mol. The van der Waals surface area contributed by atoms with Crippen LogP contribution in [0, 0.1) is 0 Å². The summed E-state index contributed by atoms with van der Waals surface area (Å²) in [5.41, 5.74) is 0. The van der Waals surface area contributed by atoms with Crippen LogP contribution in [-0.2, 0) is 0 Å². The smallest absolute Gasteiger partial charge is 0.0982 e. The Morgan fingerprint density at radius 2 is 1.95 bits per heavy atom. The molecule has 110 valence electrons. The number of rotatable bonds is 11. The average molecular weight is 266 g/mol. The van der Waals surface area contributed by atoms with Gasteiger partial charge in [-0.05, 0) is 32.1 Å². The lowest BCUT2D eigenvalue weighted by Crippen LogP contribution is -2.36. The Kier molecular flexibility index (Phi) is 9.25. The SMILES string of the molecule is CCCCCC/C=C/CCCC1NC=CN1CCO. The van der Waals surface area contributed by atoms with Gasteiger partial charge < -0.3 is 15.3 Å². The van der Waals surface area contributed by atoms with E-state index in [-0.39, 0.29) is 6.61 Å². The van der Waals surface area contributed by atoms with Gasteiger partial charge in [-0.2, -0.15) is 0 Å². The maximum Gasteiger partial charge on any atom is 0.0982 e. The van der Waals surface area contributed by atoms with Gasteiger partial charge >= 0.3 is 0 Å². The molecule has 1 heterocycles. The fourth-order valence-corrected chi connectivity index (χ4v) is 2.40. The number of hydrogen-bond donors (Lipinski definition) is 2. The molecule has 19 heavy (non-hydrogen) atoms. The Morgan fingerprint density at radius 1 is 1.16 bits per heavy atom. The van der Waals surface area contributed by atoms with Crippen LogP contribution in [-0.4, -0.2) is 29.3 Å². The van der Waals surface area contributed by atoms with Crippen LogP contribution in [0.5, 0.6) is 0 Å². The number of hydrogen-bond acceptors (Lipinski definition) is 3. The maximum absolute atomic E-state index is 8.96. The van der Waals surface area contributed by atoms with Crippen molar-refractivity contribution in [2.75, 3.05) is 13.2 Å². The highest BCUT2D eigenvalue weighted by atomic mass is 16.3. The molecule has 0 aliphatic carbocycles. The zero-order valence-electron chi connectivity index (χ0n) is 12.4. The van der Waals surface area contributed by atoms with Crippen LogP contribution in [0.2, 0.25) is 0 Å². The lowest BCUT2D eigenvalue weighted by atomic mass is 10.1. The third-order valence-corrected chi connectivity index (χ3v) is 3.55. The molecular weight excluding hydrogens is 236 g/mol. The number of nitrogens with zero attached hydrogens (tertiary/aromatic N) is 1.